The van der Waals surface area contributed by atoms with E-state index < -0.39 is 37.6 Å². The summed E-state index contributed by atoms with van der Waals surface area (Å²) in [6.07, 6.45) is -6.39. The molecule has 6 N–H and O–H groups in total. The summed E-state index contributed by atoms with van der Waals surface area (Å²) >= 11 is 0. The first-order valence-corrected chi connectivity index (χ1v) is 3.48. The largest absolute Gasteiger partial charge is 0.394 e. The van der Waals surface area contributed by atoms with Gasteiger partial charge in [0.1, 0.15) is 24.4 Å². The normalized spacial score (nSPS) is 21.5. The second-order valence-electron chi connectivity index (χ2n) is 2.48. The Labute approximate surface area is 69.3 Å². The highest BCUT2D eigenvalue weighted by Gasteiger charge is 2.29. The first-order chi connectivity index (χ1) is 5.54. The van der Waals surface area contributed by atoms with Crippen LogP contribution in [0.2, 0.25) is 0 Å². The lowest BCUT2D eigenvalue weighted by Gasteiger charge is -2.24. The van der Waals surface area contributed by atoms with Gasteiger partial charge in [-0.25, -0.2) is 0 Å². The molecule has 0 aliphatic rings. The van der Waals surface area contributed by atoms with Crippen LogP contribution in [0, 0.1) is 0 Å². The van der Waals surface area contributed by atoms with E-state index in [1.807, 2.05) is 0 Å². The van der Waals surface area contributed by atoms with Gasteiger partial charge in [-0.1, -0.05) is 0 Å². The Morgan fingerprint density at radius 2 is 0.917 bits per heavy atom. The molecule has 0 heterocycles. The molecule has 6 heteroatoms. The highest BCUT2D eigenvalue weighted by molar-refractivity contribution is 4.79. The summed E-state index contributed by atoms with van der Waals surface area (Å²) in [5, 5.41) is 52.2. The molecule has 12 heavy (non-hydrogen) atoms. The minimum Gasteiger partial charge on any atom is -0.394 e. The number of aliphatic hydroxyl groups excluding tert-OH is 6. The SMILES string of the molecule is OC[C@@H](O)[C@@H](O)[C@@H](O)[C@@H](O)[13CH2]O. The van der Waals surface area contributed by atoms with Gasteiger partial charge in [-0.3, -0.25) is 0 Å². The van der Waals surface area contributed by atoms with Crippen LogP contribution >= 0.6 is 0 Å². The van der Waals surface area contributed by atoms with Crippen LogP contribution < -0.4 is 0 Å². The van der Waals surface area contributed by atoms with Crippen LogP contribution in [0.1, 0.15) is 0 Å². The lowest BCUT2D eigenvalue weighted by Crippen LogP contribution is -2.46. The van der Waals surface area contributed by atoms with Gasteiger partial charge in [0.15, 0.2) is 0 Å². The number of aliphatic hydroxyl groups is 6. The van der Waals surface area contributed by atoms with Crippen molar-refractivity contribution in [1.82, 2.24) is 0 Å². The van der Waals surface area contributed by atoms with Crippen molar-refractivity contribution in [3.05, 3.63) is 0 Å². The van der Waals surface area contributed by atoms with Crippen molar-refractivity contribution in [1.29, 1.82) is 0 Å². The molecule has 0 aliphatic heterocycles. The standard InChI is InChI=1S/C6H14O6/c7-1-3(9)5(11)6(12)4(10)2-8/h3-12H,1-2H2/t3-,4+,5-,6+/i1+1/m0/s1. The van der Waals surface area contributed by atoms with E-state index >= 15 is 0 Å². The molecule has 74 valence electrons. The van der Waals surface area contributed by atoms with Crippen molar-refractivity contribution in [2.75, 3.05) is 13.2 Å². The van der Waals surface area contributed by atoms with Crippen LogP contribution in [0.15, 0.2) is 0 Å². The molecule has 6 nitrogen and oxygen atoms in total. The molecule has 0 fully saturated rings. The number of hydrogen-bond donors (Lipinski definition) is 6. The Balaban J connectivity index is 3.99. The van der Waals surface area contributed by atoms with Crippen LogP contribution in [0.25, 0.3) is 0 Å². The zero-order valence-corrected chi connectivity index (χ0v) is 6.41. The molecule has 0 aromatic heterocycles. The zero-order chi connectivity index (χ0) is 9.72. The maximum atomic E-state index is 8.96. The van der Waals surface area contributed by atoms with Crippen LogP contribution in [-0.4, -0.2) is 68.3 Å². The monoisotopic (exact) mass is 183 g/mol. The van der Waals surface area contributed by atoms with Crippen molar-refractivity contribution >= 4 is 0 Å². The van der Waals surface area contributed by atoms with Gasteiger partial charge in [-0.05, 0) is 0 Å². The van der Waals surface area contributed by atoms with E-state index in [1.54, 1.807) is 0 Å². The topological polar surface area (TPSA) is 121 Å². The third-order valence-electron chi connectivity index (χ3n) is 1.51. The van der Waals surface area contributed by atoms with Gasteiger partial charge < -0.3 is 30.6 Å². The Morgan fingerprint density at radius 1 is 0.667 bits per heavy atom. The molecule has 0 aromatic carbocycles. The quantitative estimate of drug-likeness (QED) is 0.245. The molecule has 4 atom stereocenters. The van der Waals surface area contributed by atoms with Crippen LogP contribution in [0.4, 0.5) is 0 Å². The van der Waals surface area contributed by atoms with E-state index in [9.17, 15) is 0 Å². The van der Waals surface area contributed by atoms with Crippen molar-refractivity contribution < 1.29 is 30.6 Å². The minimum atomic E-state index is -1.67. The molecule has 0 rings (SSSR count). The van der Waals surface area contributed by atoms with Crippen molar-refractivity contribution in [3.63, 3.8) is 0 Å². The second kappa shape index (κ2) is 5.41. The number of rotatable bonds is 5. The predicted octanol–water partition coefficient (Wildman–Crippen LogP) is -3.59. The van der Waals surface area contributed by atoms with E-state index in [1.165, 1.54) is 0 Å². The lowest BCUT2D eigenvalue weighted by atomic mass is 10.1. The van der Waals surface area contributed by atoms with Crippen molar-refractivity contribution in [3.8, 4) is 0 Å². The Morgan fingerprint density at radius 3 is 1.08 bits per heavy atom. The Kier molecular flexibility index (Phi) is 5.31. The minimum absolute atomic E-state index is 0.726. The third kappa shape index (κ3) is 3.02. The Hall–Kier alpha value is -0.240. The molecule has 0 amide bonds. The molecule has 0 bridgehead atoms. The van der Waals surface area contributed by atoms with Gasteiger partial charge in [0.25, 0.3) is 0 Å². The average molecular weight is 183 g/mol. The van der Waals surface area contributed by atoms with Crippen molar-refractivity contribution in [2.45, 2.75) is 24.4 Å². The molecule has 0 saturated carbocycles. The molecule has 0 aliphatic carbocycles. The summed E-state index contributed by atoms with van der Waals surface area (Å²) in [6, 6.07) is 0. The smallest absolute Gasteiger partial charge is 0.111 e. The molecular formula is C6H14O6. The highest BCUT2D eigenvalue weighted by atomic mass is 16.4. The summed E-state index contributed by atoms with van der Waals surface area (Å²) in [7, 11) is 0. The lowest BCUT2D eigenvalue weighted by molar-refractivity contribution is -0.123. The summed E-state index contributed by atoms with van der Waals surface area (Å²) < 4.78 is 0. The third-order valence-corrected chi connectivity index (χ3v) is 1.51. The van der Waals surface area contributed by atoms with Gasteiger partial charge in [-0.15, -0.1) is 0 Å². The summed E-state index contributed by atoms with van der Waals surface area (Å²) in [4.78, 5) is 0. The van der Waals surface area contributed by atoms with E-state index in [0.717, 1.165) is 0 Å². The molecule has 0 saturated heterocycles. The fourth-order valence-electron chi connectivity index (χ4n) is 0.671. The van der Waals surface area contributed by atoms with E-state index in [-0.39, 0.29) is 0 Å². The first-order valence-electron chi connectivity index (χ1n) is 3.48. The van der Waals surface area contributed by atoms with Crippen LogP contribution in [-0.2, 0) is 0 Å². The second-order valence-corrected chi connectivity index (χ2v) is 2.48. The van der Waals surface area contributed by atoms with Crippen LogP contribution in [0.3, 0.4) is 0 Å². The predicted molar refractivity (Wildman–Crippen MR) is 38.2 cm³/mol. The van der Waals surface area contributed by atoms with Gasteiger partial charge >= 0.3 is 0 Å². The average Bonchev–Trinajstić information content (AvgIpc) is 2.12. The van der Waals surface area contributed by atoms with Crippen LogP contribution in [0.5, 0.6) is 0 Å². The fourth-order valence-corrected chi connectivity index (χ4v) is 0.671. The molecule has 0 spiro atoms. The molecular weight excluding hydrogens is 169 g/mol. The molecule has 0 radical (unpaired) electrons. The van der Waals surface area contributed by atoms with Crippen molar-refractivity contribution in [2.24, 2.45) is 0 Å². The summed E-state index contributed by atoms with van der Waals surface area (Å²) in [5.41, 5.74) is 0. The molecule has 0 aromatic rings. The van der Waals surface area contributed by atoms with Gasteiger partial charge in [0, 0.05) is 0 Å². The zero-order valence-electron chi connectivity index (χ0n) is 6.41. The molecule has 0 unspecified atom stereocenters. The van der Waals surface area contributed by atoms with E-state index in [4.69, 9.17) is 30.6 Å². The van der Waals surface area contributed by atoms with Gasteiger partial charge in [0.05, 0.1) is 13.2 Å². The maximum Gasteiger partial charge on any atom is 0.111 e. The number of hydrogen-bond acceptors (Lipinski definition) is 6. The van der Waals surface area contributed by atoms with E-state index in [0.29, 0.717) is 0 Å². The van der Waals surface area contributed by atoms with Gasteiger partial charge in [-0.2, -0.15) is 0 Å². The van der Waals surface area contributed by atoms with E-state index in [2.05, 4.69) is 0 Å². The first kappa shape index (κ1) is 11.8. The summed E-state index contributed by atoms with van der Waals surface area (Å²) in [5.74, 6) is 0. The fraction of sp³-hybridized carbons (Fsp3) is 1.00. The maximum absolute atomic E-state index is 8.96. The summed E-state index contributed by atoms with van der Waals surface area (Å²) in [6.45, 7) is -1.45. The highest BCUT2D eigenvalue weighted by Crippen LogP contribution is 2.03. The Bertz CT molecular complexity index is 105. The van der Waals surface area contributed by atoms with Gasteiger partial charge in [0.2, 0.25) is 0 Å².